The molecule has 0 unspecified atom stereocenters. The standard InChI is InChI=1S/C15H25N3O/c1-14(2,3)10-7-11(15(4,5)6)9-12(8-10)17-13(19)18-16/h7-9H,16H2,1-6H3,(H2,17,18,19). The second kappa shape index (κ2) is 5.21. The number of carbonyl (C=O) groups is 1. The Morgan fingerprint density at radius 3 is 1.68 bits per heavy atom. The molecule has 1 aromatic rings. The maximum absolute atomic E-state index is 11.4. The molecular weight excluding hydrogens is 238 g/mol. The molecule has 4 N–H and O–H groups in total. The summed E-state index contributed by atoms with van der Waals surface area (Å²) in [5.41, 5.74) is 5.27. The van der Waals surface area contributed by atoms with Crippen LogP contribution in [0.5, 0.6) is 0 Å². The first-order valence-electron chi connectivity index (χ1n) is 6.47. The van der Waals surface area contributed by atoms with Crippen molar-refractivity contribution in [3.63, 3.8) is 0 Å². The van der Waals surface area contributed by atoms with E-state index in [1.807, 2.05) is 12.1 Å². The fraction of sp³-hybridized carbons (Fsp3) is 0.533. The van der Waals surface area contributed by atoms with E-state index < -0.39 is 6.03 Å². The van der Waals surface area contributed by atoms with Gasteiger partial charge < -0.3 is 5.32 Å². The van der Waals surface area contributed by atoms with Gasteiger partial charge in [0.2, 0.25) is 0 Å². The van der Waals surface area contributed by atoms with E-state index in [1.165, 1.54) is 11.1 Å². The van der Waals surface area contributed by atoms with Crippen LogP contribution in [0.2, 0.25) is 0 Å². The molecule has 0 aliphatic rings. The van der Waals surface area contributed by atoms with Crippen LogP contribution in [0.3, 0.4) is 0 Å². The van der Waals surface area contributed by atoms with Crippen molar-refractivity contribution in [2.75, 3.05) is 5.32 Å². The Balaban J connectivity index is 3.29. The molecular formula is C15H25N3O. The third-order valence-electron chi connectivity index (χ3n) is 3.05. The molecule has 2 amide bonds. The predicted molar refractivity (Wildman–Crippen MR) is 80.2 cm³/mol. The van der Waals surface area contributed by atoms with Gasteiger partial charge in [0.1, 0.15) is 0 Å². The van der Waals surface area contributed by atoms with Crippen LogP contribution in [0.1, 0.15) is 52.7 Å². The lowest BCUT2D eigenvalue weighted by molar-refractivity contribution is 0.252. The average Bonchev–Trinajstić information content (AvgIpc) is 2.26. The molecule has 4 heteroatoms. The minimum Gasteiger partial charge on any atom is -0.307 e. The third kappa shape index (κ3) is 4.24. The van der Waals surface area contributed by atoms with Crippen molar-refractivity contribution < 1.29 is 4.79 Å². The van der Waals surface area contributed by atoms with E-state index in [-0.39, 0.29) is 10.8 Å². The summed E-state index contributed by atoms with van der Waals surface area (Å²) in [6.45, 7) is 12.9. The highest BCUT2D eigenvalue weighted by Crippen LogP contribution is 2.31. The van der Waals surface area contributed by atoms with Crippen molar-refractivity contribution in [1.29, 1.82) is 0 Å². The van der Waals surface area contributed by atoms with E-state index >= 15 is 0 Å². The molecule has 0 fully saturated rings. The molecule has 1 aromatic carbocycles. The minimum atomic E-state index is -0.411. The predicted octanol–water partition coefficient (Wildman–Crippen LogP) is 3.28. The molecule has 0 aliphatic carbocycles. The Labute approximate surface area is 115 Å². The number of benzene rings is 1. The maximum Gasteiger partial charge on any atom is 0.333 e. The van der Waals surface area contributed by atoms with Gasteiger partial charge >= 0.3 is 6.03 Å². The first-order chi connectivity index (χ1) is 8.54. The number of hydrogen-bond acceptors (Lipinski definition) is 2. The maximum atomic E-state index is 11.4. The van der Waals surface area contributed by atoms with E-state index in [9.17, 15) is 4.79 Å². The quantitative estimate of drug-likeness (QED) is 0.413. The molecule has 0 aromatic heterocycles. The van der Waals surface area contributed by atoms with Gasteiger partial charge in [-0.05, 0) is 34.1 Å². The number of anilines is 1. The largest absolute Gasteiger partial charge is 0.333 e. The minimum absolute atomic E-state index is 0.0247. The van der Waals surface area contributed by atoms with Crippen LogP contribution in [-0.4, -0.2) is 6.03 Å². The first kappa shape index (κ1) is 15.5. The zero-order valence-electron chi connectivity index (χ0n) is 12.7. The summed E-state index contributed by atoms with van der Waals surface area (Å²) in [7, 11) is 0. The molecule has 0 saturated heterocycles. The third-order valence-corrected chi connectivity index (χ3v) is 3.05. The molecule has 4 nitrogen and oxygen atoms in total. The van der Waals surface area contributed by atoms with Crippen molar-refractivity contribution in [3.8, 4) is 0 Å². The van der Waals surface area contributed by atoms with Gasteiger partial charge in [0.25, 0.3) is 0 Å². The number of hydrogen-bond donors (Lipinski definition) is 3. The SMILES string of the molecule is CC(C)(C)c1cc(NC(=O)NN)cc(C(C)(C)C)c1. The van der Waals surface area contributed by atoms with Crippen molar-refractivity contribution in [2.24, 2.45) is 5.84 Å². The Bertz CT molecular complexity index is 435. The van der Waals surface area contributed by atoms with E-state index in [0.29, 0.717) is 0 Å². The molecule has 0 radical (unpaired) electrons. The Kier molecular flexibility index (Phi) is 4.25. The normalized spacial score (nSPS) is 12.2. The van der Waals surface area contributed by atoms with E-state index in [1.54, 1.807) is 0 Å². The number of urea groups is 1. The van der Waals surface area contributed by atoms with Crippen LogP contribution in [0.4, 0.5) is 10.5 Å². The Morgan fingerprint density at radius 2 is 1.37 bits per heavy atom. The average molecular weight is 263 g/mol. The summed E-state index contributed by atoms with van der Waals surface area (Å²) >= 11 is 0. The molecule has 1 rings (SSSR count). The molecule has 106 valence electrons. The Hall–Kier alpha value is -1.55. The van der Waals surface area contributed by atoms with Gasteiger partial charge in [0, 0.05) is 5.69 Å². The van der Waals surface area contributed by atoms with Gasteiger partial charge in [0.05, 0.1) is 0 Å². The van der Waals surface area contributed by atoms with Crippen molar-refractivity contribution in [3.05, 3.63) is 29.3 Å². The van der Waals surface area contributed by atoms with Gasteiger partial charge in [-0.1, -0.05) is 47.6 Å². The topological polar surface area (TPSA) is 67.2 Å². The van der Waals surface area contributed by atoms with Crippen molar-refractivity contribution in [2.45, 2.75) is 52.4 Å². The van der Waals surface area contributed by atoms with Crippen LogP contribution in [-0.2, 0) is 10.8 Å². The van der Waals surface area contributed by atoms with Crippen LogP contribution in [0.15, 0.2) is 18.2 Å². The molecule has 0 saturated carbocycles. The van der Waals surface area contributed by atoms with Gasteiger partial charge in [0.15, 0.2) is 0 Å². The second-order valence-corrected chi connectivity index (χ2v) is 6.90. The van der Waals surface area contributed by atoms with Crippen molar-refractivity contribution in [1.82, 2.24) is 5.43 Å². The monoisotopic (exact) mass is 263 g/mol. The van der Waals surface area contributed by atoms with Crippen LogP contribution in [0, 0.1) is 0 Å². The number of nitrogens with two attached hydrogens (primary N) is 1. The van der Waals surface area contributed by atoms with Crippen LogP contribution >= 0.6 is 0 Å². The summed E-state index contributed by atoms with van der Waals surface area (Å²) in [6.07, 6.45) is 0. The number of amides is 2. The van der Waals surface area contributed by atoms with Gasteiger partial charge in [-0.15, -0.1) is 0 Å². The zero-order chi connectivity index (χ0) is 14.8. The summed E-state index contributed by atoms with van der Waals surface area (Å²) in [5.74, 6) is 5.11. The summed E-state index contributed by atoms with van der Waals surface area (Å²) in [6, 6.07) is 5.77. The lowest BCUT2D eigenvalue weighted by Crippen LogP contribution is -2.34. The summed E-state index contributed by atoms with van der Waals surface area (Å²) < 4.78 is 0. The summed E-state index contributed by atoms with van der Waals surface area (Å²) in [5, 5.41) is 2.74. The van der Waals surface area contributed by atoms with E-state index in [0.717, 1.165) is 5.69 Å². The lowest BCUT2D eigenvalue weighted by atomic mass is 9.80. The molecule has 0 spiro atoms. The van der Waals surface area contributed by atoms with Crippen LogP contribution < -0.4 is 16.6 Å². The van der Waals surface area contributed by atoms with E-state index in [4.69, 9.17) is 5.84 Å². The molecule has 19 heavy (non-hydrogen) atoms. The molecule has 0 atom stereocenters. The van der Waals surface area contributed by atoms with Gasteiger partial charge in [-0.2, -0.15) is 0 Å². The fourth-order valence-electron chi connectivity index (χ4n) is 1.73. The highest BCUT2D eigenvalue weighted by Gasteiger charge is 2.20. The van der Waals surface area contributed by atoms with Crippen LogP contribution in [0.25, 0.3) is 0 Å². The van der Waals surface area contributed by atoms with E-state index in [2.05, 4.69) is 58.4 Å². The summed E-state index contributed by atoms with van der Waals surface area (Å²) in [4.78, 5) is 11.4. The Morgan fingerprint density at radius 1 is 0.947 bits per heavy atom. The second-order valence-electron chi connectivity index (χ2n) is 6.90. The highest BCUT2D eigenvalue weighted by atomic mass is 16.2. The molecule has 0 bridgehead atoms. The zero-order valence-corrected chi connectivity index (χ0v) is 12.7. The molecule has 0 heterocycles. The fourth-order valence-corrected chi connectivity index (χ4v) is 1.73. The lowest BCUT2D eigenvalue weighted by Gasteiger charge is -2.26. The van der Waals surface area contributed by atoms with Gasteiger partial charge in [-0.3, -0.25) is 5.43 Å². The molecule has 0 aliphatic heterocycles. The first-order valence-corrected chi connectivity index (χ1v) is 6.47. The van der Waals surface area contributed by atoms with Crippen molar-refractivity contribution >= 4 is 11.7 Å². The number of hydrazine groups is 1. The smallest absolute Gasteiger partial charge is 0.307 e. The number of nitrogens with one attached hydrogen (secondary N) is 2. The number of rotatable bonds is 1. The number of carbonyl (C=O) groups excluding carboxylic acids is 1. The van der Waals surface area contributed by atoms with Gasteiger partial charge in [-0.25, -0.2) is 10.6 Å². The highest BCUT2D eigenvalue weighted by molar-refractivity contribution is 5.89.